The number of hydrogen-bond acceptors (Lipinski definition) is 2. The van der Waals surface area contributed by atoms with Gasteiger partial charge in [-0.05, 0) is 44.5 Å². The SMILES string of the molecule is Cc1ccn(-c2cc(C)c(F)cc2[C@@H](C)O)n1. The van der Waals surface area contributed by atoms with Crippen LogP contribution in [-0.2, 0) is 0 Å². The molecule has 1 aromatic heterocycles. The lowest BCUT2D eigenvalue weighted by Crippen LogP contribution is -2.05. The van der Waals surface area contributed by atoms with E-state index in [0.717, 1.165) is 5.69 Å². The van der Waals surface area contributed by atoms with Crippen molar-refractivity contribution < 1.29 is 9.50 Å². The molecule has 0 bridgehead atoms. The monoisotopic (exact) mass is 234 g/mol. The van der Waals surface area contributed by atoms with Crippen LogP contribution in [0.4, 0.5) is 4.39 Å². The number of aliphatic hydroxyl groups is 1. The van der Waals surface area contributed by atoms with E-state index in [1.165, 1.54) is 6.07 Å². The number of halogens is 1. The van der Waals surface area contributed by atoms with Crippen molar-refractivity contribution in [2.24, 2.45) is 0 Å². The van der Waals surface area contributed by atoms with E-state index in [4.69, 9.17) is 0 Å². The van der Waals surface area contributed by atoms with Crippen molar-refractivity contribution in [2.45, 2.75) is 26.9 Å². The third kappa shape index (κ3) is 2.22. The molecule has 0 spiro atoms. The molecular weight excluding hydrogens is 219 g/mol. The Morgan fingerprint density at radius 1 is 1.35 bits per heavy atom. The lowest BCUT2D eigenvalue weighted by Gasteiger charge is -2.13. The van der Waals surface area contributed by atoms with E-state index in [1.54, 1.807) is 30.8 Å². The van der Waals surface area contributed by atoms with Gasteiger partial charge in [-0.25, -0.2) is 9.07 Å². The molecule has 3 nitrogen and oxygen atoms in total. The lowest BCUT2D eigenvalue weighted by atomic mass is 10.1. The summed E-state index contributed by atoms with van der Waals surface area (Å²) < 4.78 is 15.2. The summed E-state index contributed by atoms with van der Waals surface area (Å²) in [4.78, 5) is 0. The molecule has 0 unspecified atom stereocenters. The first-order valence-corrected chi connectivity index (χ1v) is 5.50. The van der Waals surface area contributed by atoms with Gasteiger partial charge in [-0.15, -0.1) is 0 Å². The normalized spacial score (nSPS) is 12.8. The topological polar surface area (TPSA) is 38.0 Å². The Kier molecular flexibility index (Phi) is 2.98. The summed E-state index contributed by atoms with van der Waals surface area (Å²) in [6.45, 7) is 5.19. The Hall–Kier alpha value is -1.68. The lowest BCUT2D eigenvalue weighted by molar-refractivity contribution is 0.198. The number of aryl methyl sites for hydroxylation is 2. The van der Waals surface area contributed by atoms with E-state index in [2.05, 4.69) is 5.10 Å². The van der Waals surface area contributed by atoms with Crippen molar-refractivity contribution in [3.63, 3.8) is 0 Å². The molecule has 1 atom stereocenters. The van der Waals surface area contributed by atoms with E-state index in [-0.39, 0.29) is 5.82 Å². The van der Waals surface area contributed by atoms with Crippen LogP contribution in [0.2, 0.25) is 0 Å². The van der Waals surface area contributed by atoms with Gasteiger partial charge in [0.1, 0.15) is 5.82 Å². The zero-order valence-corrected chi connectivity index (χ0v) is 10.1. The quantitative estimate of drug-likeness (QED) is 0.867. The summed E-state index contributed by atoms with van der Waals surface area (Å²) in [5, 5.41) is 14.0. The highest BCUT2D eigenvalue weighted by molar-refractivity contribution is 5.45. The standard InChI is InChI=1S/C13H15FN2O/c1-8-6-13(16-5-4-9(2)15-16)11(10(3)17)7-12(8)14/h4-7,10,17H,1-3H3/t10-/m1/s1. The van der Waals surface area contributed by atoms with Gasteiger partial charge in [-0.1, -0.05) is 0 Å². The largest absolute Gasteiger partial charge is 0.389 e. The van der Waals surface area contributed by atoms with Gasteiger partial charge in [0.05, 0.1) is 17.5 Å². The predicted octanol–water partition coefficient (Wildman–Crippen LogP) is 2.68. The van der Waals surface area contributed by atoms with Gasteiger partial charge in [-0.3, -0.25) is 0 Å². The van der Waals surface area contributed by atoms with E-state index in [9.17, 15) is 9.50 Å². The van der Waals surface area contributed by atoms with Crippen LogP contribution in [0, 0.1) is 19.7 Å². The molecule has 0 aliphatic rings. The molecule has 1 N–H and O–H groups in total. The minimum Gasteiger partial charge on any atom is -0.389 e. The average Bonchev–Trinajstić information content (AvgIpc) is 2.68. The van der Waals surface area contributed by atoms with Crippen LogP contribution in [0.5, 0.6) is 0 Å². The summed E-state index contributed by atoms with van der Waals surface area (Å²) in [6, 6.07) is 4.93. The number of aromatic nitrogens is 2. The fraction of sp³-hybridized carbons (Fsp3) is 0.308. The first kappa shape index (κ1) is 11.8. The Morgan fingerprint density at radius 2 is 2.06 bits per heavy atom. The highest BCUT2D eigenvalue weighted by atomic mass is 19.1. The van der Waals surface area contributed by atoms with Crippen LogP contribution in [0.3, 0.4) is 0 Å². The van der Waals surface area contributed by atoms with E-state index < -0.39 is 6.10 Å². The Balaban J connectivity index is 2.63. The van der Waals surface area contributed by atoms with Crippen molar-refractivity contribution >= 4 is 0 Å². The van der Waals surface area contributed by atoms with Gasteiger partial charge in [-0.2, -0.15) is 5.10 Å². The highest BCUT2D eigenvalue weighted by Gasteiger charge is 2.13. The second-order valence-corrected chi connectivity index (χ2v) is 4.24. The number of hydrogen-bond donors (Lipinski definition) is 1. The van der Waals surface area contributed by atoms with Crippen molar-refractivity contribution in [3.05, 3.63) is 47.0 Å². The maximum Gasteiger partial charge on any atom is 0.126 e. The molecule has 0 aliphatic heterocycles. The van der Waals surface area contributed by atoms with E-state index in [1.807, 2.05) is 13.0 Å². The third-order valence-corrected chi connectivity index (χ3v) is 2.73. The summed E-state index contributed by atoms with van der Waals surface area (Å²) >= 11 is 0. The van der Waals surface area contributed by atoms with Crippen LogP contribution >= 0.6 is 0 Å². The van der Waals surface area contributed by atoms with Gasteiger partial charge in [0.15, 0.2) is 0 Å². The molecule has 0 saturated carbocycles. The zero-order chi connectivity index (χ0) is 12.6. The molecule has 17 heavy (non-hydrogen) atoms. The van der Waals surface area contributed by atoms with Gasteiger partial charge in [0.25, 0.3) is 0 Å². The Bertz CT molecular complexity index is 546. The first-order valence-electron chi connectivity index (χ1n) is 5.50. The predicted molar refractivity (Wildman–Crippen MR) is 63.6 cm³/mol. The van der Waals surface area contributed by atoms with Crippen LogP contribution in [0.1, 0.15) is 29.8 Å². The molecule has 1 aromatic carbocycles. The zero-order valence-electron chi connectivity index (χ0n) is 10.1. The Labute approximate surface area is 99.5 Å². The van der Waals surface area contributed by atoms with Crippen LogP contribution < -0.4 is 0 Å². The van der Waals surface area contributed by atoms with E-state index in [0.29, 0.717) is 16.8 Å². The number of rotatable bonds is 2. The second kappa shape index (κ2) is 4.30. The summed E-state index contributed by atoms with van der Waals surface area (Å²) in [5.41, 5.74) is 2.67. The molecule has 4 heteroatoms. The molecular formula is C13H15FN2O. The maximum absolute atomic E-state index is 13.5. The van der Waals surface area contributed by atoms with E-state index >= 15 is 0 Å². The molecule has 2 rings (SSSR count). The maximum atomic E-state index is 13.5. The van der Waals surface area contributed by atoms with Crippen molar-refractivity contribution in [1.82, 2.24) is 9.78 Å². The van der Waals surface area contributed by atoms with Gasteiger partial charge < -0.3 is 5.11 Å². The molecule has 1 heterocycles. The molecule has 0 fully saturated rings. The van der Waals surface area contributed by atoms with Gasteiger partial charge in [0.2, 0.25) is 0 Å². The van der Waals surface area contributed by atoms with Crippen LogP contribution in [0.15, 0.2) is 24.4 Å². The molecule has 0 saturated heterocycles. The van der Waals surface area contributed by atoms with Crippen molar-refractivity contribution in [3.8, 4) is 5.69 Å². The van der Waals surface area contributed by atoms with Crippen molar-refractivity contribution in [1.29, 1.82) is 0 Å². The molecule has 90 valence electrons. The molecule has 0 aliphatic carbocycles. The number of nitrogens with zero attached hydrogens (tertiary/aromatic N) is 2. The minimum absolute atomic E-state index is 0.312. The second-order valence-electron chi connectivity index (χ2n) is 4.24. The molecule has 0 amide bonds. The summed E-state index contributed by atoms with van der Waals surface area (Å²) in [7, 11) is 0. The third-order valence-electron chi connectivity index (χ3n) is 2.73. The average molecular weight is 234 g/mol. The summed E-state index contributed by atoms with van der Waals surface area (Å²) in [6.07, 6.45) is 1.07. The first-order chi connectivity index (χ1) is 7.99. The van der Waals surface area contributed by atoms with Gasteiger partial charge >= 0.3 is 0 Å². The summed E-state index contributed by atoms with van der Waals surface area (Å²) in [5.74, 6) is -0.312. The number of benzene rings is 1. The molecule has 2 aromatic rings. The fourth-order valence-electron chi connectivity index (χ4n) is 1.76. The fourth-order valence-corrected chi connectivity index (χ4v) is 1.76. The Morgan fingerprint density at radius 3 is 2.59 bits per heavy atom. The minimum atomic E-state index is -0.732. The van der Waals surface area contributed by atoms with Crippen molar-refractivity contribution in [2.75, 3.05) is 0 Å². The smallest absolute Gasteiger partial charge is 0.126 e. The molecule has 0 radical (unpaired) electrons. The van der Waals surface area contributed by atoms with Crippen LogP contribution in [-0.4, -0.2) is 14.9 Å². The highest BCUT2D eigenvalue weighted by Crippen LogP contribution is 2.24. The van der Waals surface area contributed by atoms with Crippen LogP contribution in [0.25, 0.3) is 5.69 Å². The number of aliphatic hydroxyl groups excluding tert-OH is 1. The van der Waals surface area contributed by atoms with Gasteiger partial charge in [0, 0.05) is 11.8 Å².